The summed E-state index contributed by atoms with van der Waals surface area (Å²) in [5.41, 5.74) is 1.00. The minimum Gasteiger partial charge on any atom is -0.460 e. The first-order valence-corrected chi connectivity index (χ1v) is 7.21. The molecule has 2 aromatic rings. The van der Waals surface area contributed by atoms with Crippen molar-refractivity contribution >= 4 is 17.5 Å². The third-order valence-corrected chi connectivity index (χ3v) is 3.58. The highest BCUT2D eigenvalue weighted by molar-refractivity contribution is 6.28. The number of fused-ring (bicyclic) bond motifs is 1. The van der Waals surface area contributed by atoms with Gasteiger partial charge >= 0.3 is 5.97 Å². The lowest BCUT2D eigenvalue weighted by molar-refractivity contribution is 0.0487. The van der Waals surface area contributed by atoms with Gasteiger partial charge in [0.1, 0.15) is 5.76 Å². The fraction of sp³-hybridized carbons (Fsp3) is 0.167. The molecule has 1 heterocycles. The van der Waals surface area contributed by atoms with Crippen LogP contribution in [0.4, 0.5) is 0 Å². The second-order valence-corrected chi connectivity index (χ2v) is 5.12. The predicted octanol–water partition coefficient (Wildman–Crippen LogP) is 3.45. The van der Waals surface area contributed by atoms with Gasteiger partial charge in [0, 0.05) is 11.1 Å². The minimum atomic E-state index is -0.748. The number of carbonyl (C=O) groups excluding carboxylic acids is 3. The summed E-state index contributed by atoms with van der Waals surface area (Å²) in [7, 11) is 0. The number of hydrogen-bond donors (Lipinski definition) is 0. The molecular formula is C18H14O5. The first kappa shape index (κ1) is 15.0. The smallest absolute Gasteiger partial charge is 0.375 e. The fourth-order valence-electron chi connectivity index (χ4n) is 2.55. The van der Waals surface area contributed by atoms with Gasteiger partial charge in [-0.15, -0.1) is 0 Å². The van der Waals surface area contributed by atoms with Crippen LogP contribution in [0.15, 0.2) is 46.4 Å². The average Bonchev–Trinajstić information content (AvgIpc) is 2.95. The Morgan fingerprint density at radius 2 is 1.83 bits per heavy atom. The van der Waals surface area contributed by atoms with Crippen LogP contribution in [0.5, 0.6) is 0 Å². The van der Waals surface area contributed by atoms with Gasteiger partial charge in [-0.2, -0.15) is 0 Å². The van der Waals surface area contributed by atoms with Gasteiger partial charge in [0.15, 0.2) is 11.6 Å². The molecule has 0 atom stereocenters. The van der Waals surface area contributed by atoms with Gasteiger partial charge in [0.25, 0.3) is 0 Å². The van der Waals surface area contributed by atoms with Crippen molar-refractivity contribution in [1.29, 1.82) is 0 Å². The van der Waals surface area contributed by atoms with Gasteiger partial charge in [-0.3, -0.25) is 9.59 Å². The average molecular weight is 310 g/mol. The molecule has 5 nitrogen and oxygen atoms in total. The van der Waals surface area contributed by atoms with E-state index in [9.17, 15) is 14.4 Å². The van der Waals surface area contributed by atoms with Crippen molar-refractivity contribution in [3.8, 4) is 11.3 Å². The van der Waals surface area contributed by atoms with E-state index in [-0.39, 0.29) is 40.6 Å². The van der Waals surface area contributed by atoms with Crippen LogP contribution in [0.2, 0.25) is 0 Å². The quantitative estimate of drug-likeness (QED) is 0.812. The highest BCUT2D eigenvalue weighted by Crippen LogP contribution is 2.36. The van der Waals surface area contributed by atoms with Gasteiger partial charge < -0.3 is 9.15 Å². The monoisotopic (exact) mass is 310 g/mol. The number of rotatable bonds is 3. The van der Waals surface area contributed by atoms with E-state index in [1.165, 1.54) is 13.0 Å². The van der Waals surface area contributed by atoms with E-state index in [1.54, 1.807) is 31.2 Å². The topological polar surface area (TPSA) is 73.6 Å². The van der Waals surface area contributed by atoms with Gasteiger partial charge in [0.2, 0.25) is 5.76 Å². The molecule has 0 bridgehead atoms. The van der Waals surface area contributed by atoms with Crippen molar-refractivity contribution < 1.29 is 23.5 Å². The van der Waals surface area contributed by atoms with Crippen molar-refractivity contribution in [3.63, 3.8) is 0 Å². The molecule has 5 heteroatoms. The van der Waals surface area contributed by atoms with Crippen LogP contribution in [-0.4, -0.2) is 24.1 Å². The maximum Gasteiger partial charge on any atom is 0.375 e. The van der Waals surface area contributed by atoms with Crippen molar-refractivity contribution in [2.45, 2.75) is 13.8 Å². The van der Waals surface area contributed by atoms with Gasteiger partial charge in [-0.05, 0) is 19.9 Å². The van der Waals surface area contributed by atoms with Crippen LogP contribution in [-0.2, 0) is 4.74 Å². The number of hydrogen-bond acceptors (Lipinski definition) is 5. The second kappa shape index (κ2) is 5.68. The van der Waals surface area contributed by atoms with Gasteiger partial charge in [-0.25, -0.2) is 4.79 Å². The highest BCUT2D eigenvalue weighted by Gasteiger charge is 2.36. The third-order valence-electron chi connectivity index (χ3n) is 3.58. The van der Waals surface area contributed by atoms with Crippen molar-refractivity contribution in [3.05, 3.63) is 58.9 Å². The largest absolute Gasteiger partial charge is 0.460 e. The van der Waals surface area contributed by atoms with E-state index in [4.69, 9.17) is 9.15 Å². The zero-order valence-corrected chi connectivity index (χ0v) is 12.7. The Bertz CT molecular complexity index is 840. The summed E-state index contributed by atoms with van der Waals surface area (Å²) in [5.74, 6) is -1.50. The molecule has 3 rings (SSSR count). The Hall–Kier alpha value is -2.95. The fourth-order valence-corrected chi connectivity index (χ4v) is 2.55. The van der Waals surface area contributed by atoms with Crippen molar-refractivity contribution in [2.75, 3.05) is 6.61 Å². The van der Waals surface area contributed by atoms with Crippen LogP contribution in [0, 0.1) is 0 Å². The van der Waals surface area contributed by atoms with E-state index in [0.29, 0.717) is 5.56 Å². The van der Waals surface area contributed by atoms with Crippen LogP contribution in [0.25, 0.3) is 11.3 Å². The Balaban J connectivity index is 2.28. The summed E-state index contributed by atoms with van der Waals surface area (Å²) in [6, 6.07) is 8.88. The van der Waals surface area contributed by atoms with Gasteiger partial charge in [0.05, 0.1) is 17.7 Å². The number of carbonyl (C=O) groups is 3. The molecule has 0 unspecified atom stereocenters. The predicted molar refractivity (Wildman–Crippen MR) is 82.5 cm³/mol. The first-order chi connectivity index (χ1) is 11.0. The molecule has 0 saturated heterocycles. The molecule has 116 valence electrons. The molecule has 1 aliphatic rings. The molecular weight excluding hydrogens is 296 g/mol. The summed E-state index contributed by atoms with van der Waals surface area (Å²) < 4.78 is 10.6. The molecule has 0 N–H and O–H groups in total. The minimum absolute atomic E-state index is 0.00713. The Morgan fingerprint density at radius 3 is 2.48 bits per heavy atom. The number of furan rings is 1. The van der Waals surface area contributed by atoms with Crippen LogP contribution < -0.4 is 0 Å². The molecule has 1 aliphatic carbocycles. The lowest BCUT2D eigenvalue weighted by Crippen LogP contribution is -2.18. The van der Waals surface area contributed by atoms with Crippen LogP contribution in [0.1, 0.15) is 45.1 Å². The zero-order valence-electron chi connectivity index (χ0n) is 12.7. The summed E-state index contributed by atoms with van der Waals surface area (Å²) in [6.45, 7) is 3.34. The molecule has 0 saturated carbocycles. The van der Waals surface area contributed by atoms with Crippen molar-refractivity contribution in [1.82, 2.24) is 0 Å². The summed E-state index contributed by atoms with van der Waals surface area (Å²) >= 11 is 0. The number of allylic oxidation sites excluding steroid dienone is 2. The van der Waals surface area contributed by atoms with E-state index in [1.807, 2.05) is 6.07 Å². The van der Waals surface area contributed by atoms with Crippen molar-refractivity contribution in [2.24, 2.45) is 0 Å². The SMILES string of the molecule is CCOC(=O)c1oc(-c2ccccc2)c2c1C(=O)C(C)=CC2=O. The molecule has 1 aromatic carbocycles. The Morgan fingerprint density at radius 1 is 1.13 bits per heavy atom. The normalized spacial score (nSPS) is 13.6. The lowest BCUT2D eigenvalue weighted by Gasteiger charge is -2.09. The first-order valence-electron chi connectivity index (χ1n) is 7.21. The third kappa shape index (κ3) is 2.40. The molecule has 1 aromatic heterocycles. The molecule has 0 fully saturated rings. The number of ether oxygens (including phenoxy) is 1. The second-order valence-electron chi connectivity index (χ2n) is 5.12. The molecule has 0 amide bonds. The molecule has 23 heavy (non-hydrogen) atoms. The number of esters is 1. The van der Waals surface area contributed by atoms with E-state index in [0.717, 1.165) is 0 Å². The summed E-state index contributed by atoms with van der Waals surface area (Å²) in [6.07, 6.45) is 1.27. The molecule has 0 radical (unpaired) electrons. The van der Waals surface area contributed by atoms with E-state index >= 15 is 0 Å². The van der Waals surface area contributed by atoms with Gasteiger partial charge in [-0.1, -0.05) is 30.3 Å². The maximum atomic E-state index is 12.4. The molecule has 0 aliphatic heterocycles. The summed E-state index contributed by atoms with van der Waals surface area (Å²) in [4.78, 5) is 37.0. The number of ketones is 2. The maximum absolute atomic E-state index is 12.4. The zero-order chi connectivity index (χ0) is 16.6. The van der Waals surface area contributed by atoms with E-state index in [2.05, 4.69) is 0 Å². The standard InChI is InChI=1S/C18H14O5/c1-3-22-18(21)17-14-13(12(19)9-10(2)15(14)20)16(23-17)11-7-5-4-6-8-11/h4-9H,3H2,1-2H3. The van der Waals surface area contributed by atoms with Crippen LogP contribution >= 0.6 is 0 Å². The number of Topliss-reactive ketones (excluding diaryl/α,β-unsaturated/α-hetero) is 1. The number of benzene rings is 1. The molecule has 0 spiro atoms. The van der Waals surface area contributed by atoms with Crippen LogP contribution in [0.3, 0.4) is 0 Å². The lowest BCUT2D eigenvalue weighted by atomic mass is 9.89. The summed E-state index contributed by atoms with van der Waals surface area (Å²) in [5, 5.41) is 0. The van der Waals surface area contributed by atoms with E-state index < -0.39 is 11.8 Å². The Labute approximate surface area is 132 Å². The highest BCUT2D eigenvalue weighted by atomic mass is 16.5. The Kier molecular flexibility index (Phi) is 3.70.